The largest absolute Gasteiger partial charge is 0.371 e. The predicted molar refractivity (Wildman–Crippen MR) is 105 cm³/mol. The predicted octanol–water partition coefficient (Wildman–Crippen LogP) is 5.19. The second-order valence-corrected chi connectivity index (χ2v) is 7.52. The lowest BCUT2D eigenvalue weighted by Gasteiger charge is -2.40. The summed E-state index contributed by atoms with van der Waals surface area (Å²) in [6.45, 7) is 16.4. The van der Waals surface area contributed by atoms with E-state index < -0.39 is 0 Å². The Balaban J connectivity index is 1.88. The van der Waals surface area contributed by atoms with E-state index in [0.717, 1.165) is 19.7 Å². The zero-order valence-electron chi connectivity index (χ0n) is 16.5. The minimum Gasteiger partial charge on any atom is -0.371 e. The molecular formula is C23H31NO. The number of rotatable bonds is 3. The molecule has 2 aromatic carbocycles. The average molecular weight is 338 g/mol. The Kier molecular flexibility index (Phi) is 5.31. The molecule has 1 aliphatic heterocycles. The fraction of sp³-hybridized carbons (Fsp3) is 0.478. The van der Waals surface area contributed by atoms with Crippen molar-refractivity contribution >= 4 is 0 Å². The lowest BCUT2D eigenvalue weighted by molar-refractivity contribution is -0.0703. The highest BCUT2D eigenvalue weighted by Crippen LogP contribution is 2.32. The molecule has 0 radical (unpaired) electrons. The van der Waals surface area contributed by atoms with E-state index in [1.54, 1.807) is 0 Å². The smallest absolute Gasteiger partial charge is 0.0978 e. The number of morpholine rings is 1. The topological polar surface area (TPSA) is 12.5 Å². The average Bonchev–Trinajstić information content (AvgIpc) is 2.64. The van der Waals surface area contributed by atoms with Crippen LogP contribution in [0.5, 0.6) is 0 Å². The molecule has 2 aromatic rings. The summed E-state index contributed by atoms with van der Waals surface area (Å²) in [4.78, 5) is 2.59. The van der Waals surface area contributed by atoms with Crippen molar-refractivity contribution in [3.05, 3.63) is 69.3 Å². The van der Waals surface area contributed by atoms with E-state index in [0.29, 0.717) is 6.04 Å². The van der Waals surface area contributed by atoms with Crippen LogP contribution < -0.4 is 0 Å². The maximum absolute atomic E-state index is 6.13. The zero-order chi connectivity index (χ0) is 18.1. The fourth-order valence-corrected chi connectivity index (χ4v) is 4.09. The highest BCUT2D eigenvalue weighted by molar-refractivity contribution is 5.49. The van der Waals surface area contributed by atoms with Crippen molar-refractivity contribution in [3.63, 3.8) is 0 Å². The van der Waals surface area contributed by atoms with Gasteiger partial charge < -0.3 is 4.74 Å². The molecule has 0 bridgehead atoms. The standard InChI is InChI=1S/C23H31NO/c1-15-16(2)18(4)22(19(5)17(15)3)14-24-12-13-25-23(20(24)6)21-10-8-7-9-11-21/h7-11,20,23H,12-14H2,1-6H3/t20-,23+/m1/s1. The van der Waals surface area contributed by atoms with E-state index in [1.165, 1.54) is 38.9 Å². The van der Waals surface area contributed by atoms with Crippen LogP contribution in [-0.2, 0) is 11.3 Å². The molecule has 0 unspecified atom stereocenters. The molecule has 134 valence electrons. The monoisotopic (exact) mass is 337 g/mol. The van der Waals surface area contributed by atoms with Crippen molar-refractivity contribution in [1.82, 2.24) is 4.90 Å². The maximum atomic E-state index is 6.13. The van der Waals surface area contributed by atoms with Crippen LogP contribution in [0.1, 0.15) is 52.0 Å². The Morgan fingerprint density at radius 2 is 1.44 bits per heavy atom. The van der Waals surface area contributed by atoms with Crippen molar-refractivity contribution < 1.29 is 4.74 Å². The molecule has 1 aliphatic rings. The molecule has 3 rings (SSSR count). The van der Waals surface area contributed by atoms with Crippen LogP contribution >= 0.6 is 0 Å². The number of nitrogens with zero attached hydrogens (tertiary/aromatic N) is 1. The Hall–Kier alpha value is -1.64. The molecule has 1 fully saturated rings. The van der Waals surface area contributed by atoms with Gasteiger partial charge in [-0.25, -0.2) is 0 Å². The summed E-state index contributed by atoms with van der Waals surface area (Å²) in [5.74, 6) is 0. The van der Waals surface area contributed by atoms with E-state index >= 15 is 0 Å². The van der Waals surface area contributed by atoms with Gasteiger partial charge in [-0.1, -0.05) is 30.3 Å². The van der Waals surface area contributed by atoms with Crippen LogP contribution in [0.3, 0.4) is 0 Å². The van der Waals surface area contributed by atoms with Gasteiger partial charge in [0, 0.05) is 19.1 Å². The third-order valence-corrected chi connectivity index (χ3v) is 6.33. The maximum Gasteiger partial charge on any atom is 0.0978 e. The summed E-state index contributed by atoms with van der Waals surface area (Å²) >= 11 is 0. The molecule has 0 aromatic heterocycles. The van der Waals surface area contributed by atoms with Gasteiger partial charge >= 0.3 is 0 Å². The van der Waals surface area contributed by atoms with E-state index in [9.17, 15) is 0 Å². The molecule has 0 N–H and O–H groups in total. The molecule has 25 heavy (non-hydrogen) atoms. The summed E-state index contributed by atoms with van der Waals surface area (Å²) in [6.07, 6.45) is 0.156. The molecule has 2 nitrogen and oxygen atoms in total. The second-order valence-electron chi connectivity index (χ2n) is 7.52. The van der Waals surface area contributed by atoms with Gasteiger partial charge in [0.05, 0.1) is 12.7 Å². The Bertz CT molecular complexity index is 721. The van der Waals surface area contributed by atoms with Crippen molar-refractivity contribution in [2.75, 3.05) is 13.2 Å². The van der Waals surface area contributed by atoms with Gasteiger partial charge in [-0.3, -0.25) is 4.90 Å². The van der Waals surface area contributed by atoms with Crippen LogP contribution in [0.4, 0.5) is 0 Å². The van der Waals surface area contributed by atoms with E-state index in [1.807, 2.05) is 0 Å². The number of ether oxygens (including phenoxy) is 1. The highest BCUT2D eigenvalue weighted by Gasteiger charge is 2.30. The first-order valence-corrected chi connectivity index (χ1v) is 9.38. The molecule has 2 heteroatoms. The molecule has 1 heterocycles. The Labute approximate surface area is 152 Å². The number of hydrogen-bond donors (Lipinski definition) is 0. The van der Waals surface area contributed by atoms with Crippen molar-refractivity contribution in [3.8, 4) is 0 Å². The summed E-state index contributed by atoms with van der Waals surface area (Å²) in [5.41, 5.74) is 10.0. The van der Waals surface area contributed by atoms with Crippen LogP contribution in [0, 0.1) is 34.6 Å². The molecule has 0 saturated carbocycles. The van der Waals surface area contributed by atoms with Crippen LogP contribution in [0.25, 0.3) is 0 Å². The van der Waals surface area contributed by atoms with E-state index in [4.69, 9.17) is 4.74 Å². The van der Waals surface area contributed by atoms with Gasteiger partial charge in [0.25, 0.3) is 0 Å². The molecule has 0 amide bonds. The van der Waals surface area contributed by atoms with Crippen molar-refractivity contribution in [1.29, 1.82) is 0 Å². The van der Waals surface area contributed by atoms with Gasteiger partial charge in [0.15, 0.2) is 0 Å². The second kappa shape index (κ2) is 7.31. The number of hydrogen-bond acceptors (Lipinski definition) is 2. The molecule has 2 atom stereocenters. The molecular weight excluding hydrogens is 306 g/mol. The highest BCUT2D eigenvalue weighted by atomic mass is 16.5. The Morgan fingerprint density at radius 3 is 2.04 bits per heavy atom. The third-order valence-electron chi connectivity index (χ3n) is 6.33. The summed E-state index contributed by atoms with van der Waals surface area (Å²) in [7, 11) is 0. The fourth-order valence-electron chi connectivity index (χ4n) is 4.09. The van der Waals surface area contributed by atoms with Crippen LogP contribution in [0.15, 0.2) is 30.3 Å². The Morgan fingerprint density at radius 1 is 0.880 bits per heavy atom. The van der Waals surface area contributed by atoms with Gasteiger partial charge in [-0.2, -0.15) is 0 Å². The molecule has 0 aliphatic carbocycles. The first-order chi connectivity index (χ1) is 11.9. The minimum atomic E-state index is 0.156. The normalized spacial score (nSPS) is 21.5. The SMILES string of the molecule is Cc1c(C)c(C)c(CN2CCO[C@H](c3ccccc3)[C@H]2C)c(C)c1C. The van der Waals surface area contributed by atoms with E-state index in [-0.39, 0.29) is 6.10 Å². The molecule has 0 spiro atoms. The first-order valence-electron chi connectivity index (χ1n) is 9.38. The summed E-state index contributed by atoms with van der Waals surface area (Å²) in [6, 6.07) is 11.0. The lowest BCUT2D eigenvalue weighted by atomic mass is 9.89. The van der Waals surface area contributed by atoms with E-state index in [2.05, 4.69) is 76.8 Å². The van der Waals surface area contributed by atoms with Gasteiger partial charge in [-0.15, -0.1) is 0 Å². The lowest BCUT2D eigenvalue weighted by Crippen LogP contribution is -2.45. The van der Waals surface area contributed by atoms with Crippen molar-refractivity contribution in [2.24, 2.45) is 0 Å². The molecule has 1 saturated heterocycles. The first kappa shape index (κ1) is 18.2. The summed E-state index contributed by atoms with van der Waals surface area (Å²) < 4.78 is 6.13. The van der Waals surface area contributed by atoms with Crippen LogP contribution in [-0.4, -0.2) is 24.1 Å². The van der Waals surface area contributed by atoms with Gasteiger partial charge in [0.1, 0.15) is 0 Å². The minimum absolute atomic E-state index is 0.156. The van der Waals surface area contributed by atoms with Crippen molar-refractivity contribution in [2.45, 2.75) is 60.2 Å². The summed E-state index contributed by atoms with van der Waals surface area (Å²) in [5, 5.41) is 0. The van der Waals surface area contributed by atoms with Crippen LogP contribution in [0.2, 0.25) is 0 Å². The zero-order valence-corrected chi connectivity index (χ0v) is 16.5. The number of benzene rings is 2. The quantitative estimate of drug-likeness (QED) is 0.764. The van der Waals surface area contributed by atoms with Gasteiger partial charge in [0.2, 0.25) is 0 Å². The van der Waals surface area contributed by atoms with Gasteiger partial charge in [-0.05, 0) is 80.5 Å². The third kappa shape index (κ3) is 3.38.